The molecule has 2 aromatic carbocycles. The van der Waals surface area contributed by atoms with E-state index in [2.05, 4.69) is 0 Å². The van der Waals surface area contributed by atoms with Crippen LogP contribution in [-0.4, -0.2) is 56.8 Å². The Balaban J connectivity index is 0.00000441. The predicted molar refractivity (Wildman–Crippen MR) is 147 cm³/mol. The van der Waals surface area contributed by atoms with E-state index in [0.29, 0.717) is 45.2 Å². The average molecular weight is 641 g/mol. The zero-order chi connectivity index (χ0) is 28.4. The van der Waals surface area contributed by atoms with Crippen molar-refractivity contribution in [2.45, 2.75) is 32.4 Å². The molecule has 212 valence electrons. The van der Waals surface area contributed by atoms with Crippen molar-refractivity contribution in [1.29, 1.82) is 0 Å². The van der Waals surface area contributed by atoms with E-state index in [1.807, 2.05) is 17.9 Å². The predicted octanol–water partition coefficient (Wildman–Crippen LogP) is 1.47. The summed E-state index contributed by atoms with van der Waals surface area (Å²) in [5.41, 5.74) is 2.12. The van der Waals surface area contributed by atoms with E-state index in [9.17, 15) is 25.9 Å². The van der Waals surface area contributed by atoms with E-state index in [4.69, 9.17) is 32.7 Å². The van der Waals surface area contributed by atoms with E-state index >= 15 is 0 Å². The maximum atomic E-state index is 11.2. The molecule has 2 aliphatic rings. The summed E-state index contributed by atoms with van der Waals surface area (Å²) in [4.78, 5) is 3.60. The van der Waals surface area contributed by atoms with Crippen molar-refractivity contribution in [2.24, 2.45) is 0 Å². The molecule has 40 heavy (non-hydrogen) atoms. The van der Waals surface area contributed by atoms with Gasteiger partial charge in [-0.1, -0.05) is 30.1 Å². The molecule has 0 aliphatic carbocycles. The van der Waals surface area contributed by atoms with Crippen molar-refractivity contribution >= 4 is 54.8 Å². The van der Waals surface area contributed by atoms with Gasteiger partial charge in [-0.05, 0) is 67.3 Å². The van der Waals surface area contributed by atoms with E-state index in [1.54, 1.807) is 47.4 Å². The summed E-state index contributed by atoms with van der Waals surface area (Å²) in [7, 11) is -8.75. The number of allylic oxidation sites excluding steroid dienone is 2. The Morgan fingerprint density at radius 3 is 2.10 bits per heavy atom. The number of benzene rings is 2. The fourth-order valence-corrected chi connectivity index (χ4v) is 5.65. The fourth-order valence-electron chi connectivity index (χ4n) is 4.35. The molecule has 0 saturated carbocycles. The minimum atomic E-state index is -4.38. The molecular formula is C25H26Cl2N2NaO8S2-. The van der Waals surface area contributed by atoms with Gasteiger partial charge in [0, 0.05) is 40.7 Å². The Bertz CT molecular complexity index is 1520. The summed E-state index contributed by atoms with van der Waals surface area (Å²) >= 11 is 12.4. The van der Waals surface area contributed by atoms with Gasteiger partial charge in [-0.3, -0.25) is 0 Å². The number of fused-ring (bicyclic) bond motifs is 2. The van der Waals surface area contributed by atoms with Crippen LogP contribution >= 0.6 is 23.2 Å². The van der Waals surface area contributed by atoms with Gasteiger partial charge in [0.15, 0.2) is 12.0 Å². The van der Waals surface area contributed by atoms with Crippen LogP contribution in [0.2, 0.25) is 10.0 Å². The zero-order valence-electron chi connectivity index (χ0n) is 21.9. The van der Waals surface area contributed by atoms with Crippen LogP contribution in [0.15, 0.2) is 60.0 Å². The van der Waals surface area contributed by atoms with Gasteiger partial charge in [0.2, 0.25) is 5.88 Å². The fraction of sp³-hybridized carbons (Fsp3) is 0.360. The molecule has 0 radical (unpaired) electrons. The first kappa shape index (κ1) is 33.0. The second-order valence-electron chi connectivity index (χ2n) is 8.99. The number of hydrogen-bond donors (Lipinski definition) is 0. The van der Waals surface area contributed by atoms with Crippen molar-refractivity contribution in [2.75, 3.05) is 34.4 Å². The number of rotatable bonds is 11. The van der Waals surface area contributed by atoms with Crippen LogP contribution in [0, 0.1) is 0 Å². The average Bonchev–Trinajstić information content (AvgIpc) is 3.34. The Morgan fingerprint density at radius 1 is 0.925 bits per heavy atom. The van der Waals surface area contributed by atoms with Crippen molar-refractivity contribution in [1.82, 2.24) is 0 Å². The zero-order valence-corrected chi connectivity index (χ0v) is 27.0. The van der Waals surface area contributed by atoms with Gasteiger partial charge in [0.1, 0.15) is 5.75 Å². The third-order valence-corrected chi connectivity index (χ3v) is 8.17. The molecule has 0 amide bonds. The molecule has 0 N–H and O–H groups in total. The summed E-state index contributed by atoms with van der Waals surface area (Å²) in [5.74, 6) is 0.488. The molecule has 2 aromatic rings. The number of halogens is 2. The van der Waals surface area contributed by atoms with Crippen molar-refractivity contribution < 1.29 is 65.0 Å². The molecule has 0 saturated heterocycles. The molecule has 1 unspecified atom stereocenters. The monoisotopic (exact) mass is 639 g/mol. The third kappa shape index (κ3) is 8.76. The van der Waals surface area contributed by atoms with Crippen LogP contribution in [0.25, 0.3) is 0 Å². The Morgan fingerprint density at radius 2 is 1.50 bits per heavy atom. The maximum absolute atomic E-state index is 11.2. The van der Waals surface area contributed by atoms with Crippen LogP contribution in [0.1, 0.15) is 26.2 Å². The standard InChI is InChI=1S/C25H28Cl2N2O8S2.Na/c1-2-17(13-24-28(9-3-11-38(30,31)32)20-15-18(26)5-7-22(20)36-24)14-25-29(10-4-12-39(33,34)35)21-16-19(27)6-8-23(21)37-25;/h5-8,13-16,24H,2-4,9-12H2,1H3,(H,30,31,32)(H,33,34,35);/q;+1/p-2. The van der Waals surface area contributed by atoms with Gasteiger partial charge in [-0.25, -0.2) is 16.8 Å². The van der Waals surface area contributed by atoms with Crippen molar-refractivity contribution in [3.63, 3.8) is 0 Å². The minimum Gasteiger partial charge on any atom is -0.748 e. The third-order valence-electron chi connectivity index (χ3n) is 6.12. The topological polar surface area (TPSA) is 139 Å². The Labute approximate surface area is 266 Å². The molecule has 0 bridgehead atoms. The Hall–Kier alpha value is -1.48. The van der Waals surface area contributed by atoms with Gasteiger partial charge in [-0.15, -0.1) is 0 Å². The number of anilines is 2. The molecule has 0 fully saturated rings. The largest absolute Gasteiger partial charge is 1.00 e. The van der Waals surface area contributed by atoms with E-state index < -0.39 is 38.0 Å². The van der Waals surface area contributed by atoms with Gasteiger partial charge in [-0.2, -0.15) is 0 Å². The van der Waals surface area contributed by atoms with Gasteiger partial charge in [0.25, 0.3) is 0 Å². The molecular weight excluding hydrogens is 614 g/mol. The summed E-state index contributed by atoms with van der Waals surface area (Å²) in [6.45, 7) is 2.38. The quantitative estimate of drug-likeness (QED) is 0.262. The number of hydrogen-bond acceptors (Lipinski definition) is 10. The van der Waals surface area contributed by atoms with Gasteiger partial charge >= 0.3 is 29.6 Å². The Kier molecular flexibility index (Phi) is 11.3. The molecule has 10 nitrogen and oxygen atoms in total. The van der Waals surface area contributed by atoms with Gasteiger partial charge in [0.05, 0.1) is 31.6 Å². The van der Waals surface area contributed by atoms with Gasteiger partial charge < -0.3 is 28.4 Å². The smallest absolute Gasteiger partial charge is 0.748 e. The molecule has 2 heterocycles. The van der Waals surface area contributed by atoms with Crippen molar-refractivity contribution in [3.8, 4) is 11.5 Å². The summed E-state index contributed by atoms with van der Waals surface area (Å²) in [6.07, 6.45) is 3.78. The first-order chi connectivity index (χ1) is 18.3. The first-order valence-electron chi connectivity index (χ1n) is 12.1. The second-order valence-corrected chi connectivity index (χ2v) is 12.9. The number of nitrogens with zero attached hydrogens (tertiary/aromatic N) is 2. The van der Waals surface area contributed by atoms with E-state index in [0.717, 1.165) is 5.57 Å². The summed E-state index contributed by atoms with van der Waals surface area (Å²) in [6, 6.07) is 10.2. The second kappa shape index (κ2) is 13.7. The summed E-state index contributed by atoms with van der Waals surface area (Å²) in [5, 5.41) is 0.950. The van der Waals surface area contributed by atoms with Crippen molar-refractivity contribution in [3.05, 3.63) is 70.1 Å². The molecule has 0 spiro atoms. The van der Waals surface area contributed by atoms with Crippen LogP contribution in [-0.2, 0) is 20.2 Å². The molecule has 1 atom stereocenters. The molecule has 15 heteroatoms. The number of ether oxygens (including phenoxy) is 2. The molecule has 4 rings (SSSR count). The van der Waals surface area contributed by atoms with Crippen LogP contribution in [0.5, 0.6) is 11.5 Å². The maximum Gasteiger partial charge on any atom is 1.00 e. The summed E-state index contributed by atoms with van der Waals surface area (Å²) < 4.78 is 79.1. The molecule has 2 aliphatic heterocycles. The van der Waals surface area contributed by atoms with E-state index in [-0.39, 0.29) is 55.5 Å². The molecule has 0 aromatic heterocycles. The van der Waals surface area contributed by atoms with Crippen LogP contribution in [0.4, 0.5) is 11.4 Å². The normalized spacial score (nSPS) is 17.8. The van der Waals surface area contributed by atoms with Crippen LogP contribution in [0.3, 0.4) is 0 Å². The minimum absolute atomic E-state index is 0. The van der Waals surface area contributed by atoms with E-state index in [1.165, 1.54) is 0 Å². The van der Waals surface area contributed by atoms with Crippen LogP contribution < -0.4 is 48.8 Å². The SMILES string of the molecule is CCC(=CC1Oc2ccc(Cl)cc2N1CCCS(=O)(=O)[O-])C=C1Oc2ccc(Cl)cc2N1CCCS(=O)(=O)[O-].[Na+]. The first-order valence-corrected chi connectivity index (χ1v) is 16.0.